The van der Waals surface area contributed by atoms with E-state index in [0.717, 1.165) is 0 Å². The second-order valence-corrected chi connectivity index (χ2v) is 0. The van der Waals surface area contributed by atoms with Crippen LogP contribution in [-0.2, 0) is 0 Å². The summed E-state index contributed by atoms with van der Waals surface area (Å²) < 4.78 is 0. The van der Waals surface area contributed by atoms with Gasteiger partial charge < -0.3 is 0 Å². The molecule has 0 aromatic rings. The second-order valence-electron chi connectivity index (χ2n) is 0. The third kappa shape index (κ3) is 8.84. The van der Waals surface area contributed by atoms with Crippen LogP contribution in [0.5, 0.6) is 0 Å². The molecule has 4 heteroatoms. The largest absolute Gasteiger partial charge is 0.0149 e. The minimum atomic E-state index is 0. The van der Waals surface area contributed by atoms with Gasteiger partial charge in [0.05, 0.1) is 0 Å². The molecule has 0 atom stereocenters. The van der Waals surface area contributed by atoms with Gasteiger partial charge in [-0.05, 0) is 11.0 Å². The average molecular weight is 354 g/mol. The normalized spacial score (nSPS) is 0. The molecule has 0 fully saturated rings. The third-order valence-corrected chi connectivity index (χ3v) is 0. The van der Waals surface area contributed by atoms with Gasteiger partial charge in [0.2, 0.25) is 0 Å². The fourth-order valence-corrected chi connectivity index (χ4v) is 0. The van der Waals surface area contributed by atoms with Gasteiger partial charge in [-0.3, -0.25) is 0 Å². The van der Waals surface area contributed by atoms with Gasteiger partial charge in [-0.15, -0.1) is 0 Å². The molecule has 0 saturated heterocycles. The summed E-state index contributed by atoms with van der Waals surface area (Å²) in [6.07, 6.45) is 0. The standard InChI is InChI=1S/Ge.Sb.H4Si.Te/h;;1H4;. The first-order chi connectivity index (χ1) is 0. The molecule has 0 amide bonds. The Morgan fingerprint density at radius 1 is 1.00 bits per heavy atom. The predicted molar refractivity (Wildman–Crippen MR) is 28.6 cm³/mol. The van der Waals surface area contributed by atoms with Crippen LogP contribution in [0.3, 0.4) is 0 Å². The summed E-state index contributed by atoms with van der Waals surface area (Å²) in [5, 5.41) is 0. The maximum Gasteiger partial charge on any atom is 0 e. The number of hydrogen-bond acceptors (Lipinski definition) is 0. The Morgan fingerprint density at radius 2 is 1.00 bits per heavy atom. The zero-order valence-electron chi connectivity index (χ0n) is 1.36. The molecule has 0 unspecified atom stereocenters. The van der Waals surface area contributed by atoms with Gasteiger partial charge in [-0.2, -0.15) is 0 Å². The molecule has 23 valence electrons. The number of rotatable bonds is 0. The van der Waals surface area contributed by atoms with Crippen LogP contribution in [-0.4, -0.2) is 76.7 Å². The maximum absolute atomic E-state index is 0. The van der Waals surface area contributed by atoms with Crippen molar-refractivity contribution in [2.45, 2.75) is 0 Å². The van der Waals surface area contributed by atoms with Crippen LogP contribution in [0.2, 0.25) is 0 Å². The molecule has 0 nitrogen and oxygen atoms in total. The smallest absolute Gasteiger partial charge is 0 e. The Labute approximate surface area is 75.7 Å². The fourth-order valence-electron chi connectivity index (χ4n) is 0. The van der Waals surface area contributed by atoms with Crippen molar-refractivity contribution in [3.63, 3.8) is 0 Å². The summed E-state index contributed by atoms with van der Waals surface area (Å²) in [6, 6.07) is 0. The molecule has 9 radical (unpaired) electrons. The first-order valence-electron chi connectivity index (χ1n) is 0. The molecule has 0 bridgehead atoms. The third-order valence-electron chi connectivity index (χ3n) is 0. The van der Waals surface area contributed by atoms with E-state index in [9.17, 15) is 0 Å². The van der Waals surface area contributed by atoms with E-state index < -0.39 is 0 Å². The molecule has 0 aliphatic heterocycles. The van der Waals surface area contributed by atoms with Crippen molar-refractivity contribution < 1.29 is 0 Å². The molecule has 0 rings (SSSR count). The van der Waals surface area contributed by atoms with Gasteiger partial charge in [0.15, 0.2) is 0 Å². The molecule has 0 heterocycles. The summed E-state index contributed by atoms with van der Waals surface area (Å²) in [5.41, 5.74) is 0. The van der Waals surface area contributed by atoms with E-state index in [0.29, 0.717) is 0 Å². The predicted octanol–water partition coefficient (Wildman–Crippen LogP) is -2.59. The van der Waals surface area contributed by atoms with E-state index in [4.69, 9.17) is 0 Å². The van der Waals surface area contributed by atoms with Crippen LogP contribution in [0.1, 0.15) is 0 Å². The summed E-state index contributed by atoms with van der Waals surface area (Å²) >= 11 is 0. The van der Waals surface area contributed by atoms with Crippen molar-refractivity contribution in [2.75, 3.05) is 0 Å². The zero-order valence-corrected chi connectivity index (χ0v) is 8.34. The maximum atomic E-state index is 0. The first kappa shape index (κ1) is 32.7. The zero-order chi connectivity index (χ0) is 0. The molecule has 0 aliphatic carbocycles. The molecular weight excluding hydrogens is 350 g/mol. The van der Waals surface area contributed by atoms with E-state index in [1.54, 1.807) is 0 Å². The summed E-state index contributed by atoms with van der Waals surface area (Å²) in [5.74, 6) is 0. The number of hydrogen-bond donors (Lipinski definition) is 0. The van der Waals surface area contributed by atoms with Crippen LogP contribution in [0.25, 0.3) is 0 Å². The quantitative estimate of drug-likeness (QED) is 0.419. The average Bonchev–Trinajstić information content (AvgIpc) is 0. The van der Waals surface area contributed by atoms with E-state index >= 15 is 0 Å². The molecule has 0 aromatic carbocycles. The van der Waals surface area contributed by atoms with Gasteiger partial charge in [0.25, 0.3) is 0 Å². The van der Waals surface area contributed by atoms with E-state index in [1.165, 1.54) is 0 Å². The minimum Gasteiger partial charge on any atom is -0.0149 e. The van der Waals surface area contributed by atoms with Crippen LogP contribution in [0.4, 0.5) is 0 Å². The molecule has 0 aromatic heterocycles. The van der Waals surface area contributed by atoms with E-state index in [-0.39, 0.29) is 76.7 Å². The van der Waals surface area contributed by atoms with Crippen LogP contribution in [0, 0.1) is 0 Å². The Kier molecular flexibility index (Phi) is 149. The topological polar surface area (TPSA) is 0 Å². The van der Waals surface area contributed by atoms with Crippen molar-refractivity contribution >= 4 is 76.7 Å². The molecule has 0 aliphatic rings. The Bertz CT molecular complexity index is 8.00. The molecular formula is H4GeSbSiTe. The second kappa shape index (κ2) is 18.3. The van der Waals surface area contributed by atoms with E-state index in [1.807, 2.05) is 0 Å². The Hall–Kier alpha value is 2.37. The van der Waals surface area contributed by atoms with Crippen LogP contribution < -0.4 is 0 Å². The van der Waals surface area contributed by atoms with Gasteiger partial charge >= 0.3 is 0 Å². The fraction of sp³-hybridized carbons (Fsp3) is 0. The van der Waals surface area contributed by atoms with Gasteiger partial charge in [-0.25, -0.2) is 0 Å². The van der Waals surface area contributed by atoms with Crippen molar-refractivity contribution in [2.24, 2.45) is 0 Å². The van der Waals surface area contributed by atoms with Crippen LogP contribution >= 0.6 is 0 Å². The summed E-state index contributed by atoms with van der Waals surface area (Å²) in [6.45, 7) is 0. The van der Waals surface area contributed by atoms with Crippen molar-refractivity contribution in [1.29, 1.82) is 0 Å². The van der Waals surface area contributed by atoms with Crippen LogP contribution in [0.15, 0.2) is 0 Å². The monoisotopic (exact) mass is 357 g/mol. The van der Waals surface area contributed by atoms with Gasteiger partial charge in [-0.1, -0.05) is 0 Å². The van der Waals surface area contributed by atoms with E-state index in [2.05, 4.69) is 0 Å². The van der Waals surface area contributed by atoms with Gasteiger partial charge in [0, 0.05) is 65.7 Å². The summed E-state index contributed by atoms with van der Waals surface area (Å²) in [7, 11) is 0. The molecule has 4 heavy (non-hydrogen) atoms. The first-order valence-corrected chi connectivity index (χ1v) is 0. The summed E-state index contributed by atoms with van der Waals surface area (Å²) in [4.78, 5) is 0. The van der Waals surface area contributed by atoms with Crippen molar-refractivity contribution in [3.05, 3.63) is 0 Å². The SMILES string of the molecule is [Ge].[Sb].[SiH4].[Te]. The Morgan fingerprint density at radius 3 is 1.00 bits per heavy atom. The molecule has 0 spiro atoms. The Balaban J connectivity index is 0. The molecule has 0 N–H and O–H groups in total. The minimum absolute atomic E-state index is 0. The molecule has 0 saturated carbocycles. The van der Waals surface area contributed by atoms with Crippen molar-refractivity contribution in [1.82, 2.24) is 0 Å². The van der Waals surface area contributed by atoms with Gasteiger partial charge in [0.1, 0.15) is 0 Å². The van der Waals surface area contributed by atoms with Crippen molar-refractivity contribution in [3.8, 4) is 0 Å².